The molecule has 1 atom stereocenters. The number of carbonyl (C=O) groups is 1. The molecule has 20 heavy (non-hydrogen) atoms. The third-order valence-corrected chi connectivity index (χ3v) is 5.10. The van der Waals surface area contributed by atoms with Gasteiger partial charge in [0, 0.05) is 26.2 Å². The first-order valence-electron chi connectivity index (χ1n) is 7.00. The minimum absolute atomic E-state index is 0.110. The van der Waals surface area contributed by atoms with Gasteiger partial charge in [-0.1, -0.05) is 13.8 Å². The molecule has 8 heteroatoms. The van der Waals surface area contributed by atoms with Crippen molar-refractivity contribution in [2.45, 2.75) is 39.2 Å². The summed E-state index contributed by atoms with van der Waals surface area (Å²) >= 11 is 0. The quantitative estimate of drug-likeness (QED) is 0.707. The summed E-state index contributed by atoms with van der Waals surface area (Å²) in [7, 11) is -3.52. The van der Waals surface area contributed by atoms with Gasteiger partial charge in [-0.05, 0) is 12.8 Å². The maximum Gasteiger partial charge on any atom is 0.306 e. The molecule has 0 aromatic carbocycles. The van der Waals surface area contributed by atoms with Gasteiger partial charge in [0.15, 0.2) is 0 Å². The summed E-state index contributed by atoms with van der Waals surface area (Å²) in [5.74, 6) is -0.978. The van der Waals surface area contributed by atoms with E-state index in [4.69, 9.17) is 9.84 Å². The summed E-state index contributed by atoms with van der Waals surface area (Å²) in [6, 6.07) is 0. The van der Waals surface area contributed by atoms with Gasteiger partial charge in [-0.25, -0.2) is 0 Å². The molecule has 118 valence electrons. The van der Waals surface area contributed by atoms with Crippen LogP contribution in [0, 0.1) is 0 Å². The molecular weight excluding hydrogens is 284 g/mol. The lowest BCUT2D eigenvalue weighted by atomic mass is 10.2. The summed E-state index contributed by atoms with van der Waals surface area (Å²) in [6.45, 7) is 5.47. The van der Waals surface area contributed by atoms with Crippen molar-refractivity contribution in [2.75, 3.05) is 32.8 Å². The number of carboxylic acid groups (broad SMARTS) is 1. The van der Waals surface area contributed by atoms with E-state index in [1.807, 2.05) is 13.8 Å². The molecule has 0 saturated carbocycles. The van der Waals surface area contributed by atoms with E-state index < -0.39 is 22.3 Å². The van der Waals surface area contributed by atoms with Gasteiger partial charge in [-0.15, -0.1) is 0 Å². The van der Waals surface area contributed by atoms with Gasteiger partial charge >= 0.3 is 5.97 Å². The lowest BCUT2D eigenvalue weighted by molar-refractivity contribution is -0.141. The highest BCUT2D eigenvalue weighted by Gasteiger charge is 2.34. The second kappa shape index (κ2) is 7.92. The highest BCUT2D eigenvalue weighted by atomic mass is 32.2. The number of rotatable bonds is 8. The zero-order valence-corrected chi connectivity index (χ0v) is 12.9. The third-order valence-electron chi connectivity index (χ3n) is 3.10. The van der Waals surface area contributed by atoms with Gasteiger partial charge in [0.25, 0.3) is 10.2 Å². The molecule has 1 heterocycles. The minimum atomic E-state index is -3.52. The van der Waals surface area contributed by atoms with Gasteiger partial charge in [0.2, 0.25) is 0 Å². The van der Waals surface area contributed by atoms with Crippen molar-refractivity contribution in [1.29, 1.82) is 0 Å². The maximum atomic E-state index is 12.5. The summed E-state index contributed by atoms with van der Waals surface area (Å²) in [5, 5.41) is 8.77. The van der Waals surface area contributed by atoms with Crippen LogP contribution < -0.4 is 0 Å². The maximum absolute atomic E-state index is 12.5. The second-order valence-corrected chi connectivity index (χ2v) is 6.78. The minimum Gasteiger partial charge on any atom is -0.481 e. The van der Waals surface area contributed by atoms with E-state index in [2.05, 4.69) is 0 Å². The molecule has 0 spiro atoms. The Kier molecular flexibility index (Phi) is 6.87. The fourth-order valence-electron chi connectivity index (χ4n) is 2.22. The Morgan fingerprint density at radius 1 is 1.35 bits per heavy atom. The fourth-order valence-corrected chi connectivity index (χ4v) is 4.04. The zero-order valence-electron chi connectivity index (χ0n) is 12.1. The Labute approximate surface area is 120 Å². The van der Waals surface area contributed by atoms with E-state index >= 15 is 0 Å². The topological polar surface area (TPSA) is 87.2 Å². The number of hydrogen-bond acceptors (Lipinski definition) is 4. The lowest BCUT2D eigenvalue weighted by Gasteiger charge is -2.35. The molecule has 1 fully saturated rings. The van der Waals surface area contributed by atoms with Gasteiger partial charge in [0.05, 0.1) is 19.1 Å². The zero-order chi connectivity index (χ0) is 15.2. The van der Waals surface area contributed by atoms with Crippen LogP contribution in [0.1, 0.15) is 33.1 Å². The molecule has 0 aliphatic carbocycles. The van der Waals surface area contributed by atoms with Gasteiger partial charge in [-0.3, -0.25) is 4.79 Å². The van der Waals surface area contributed by atoms with Crippen LogP contribution >= 0.6 is 0 Å². The van der Waals surface area contributed by atoms with Crippen molar-refractivity contribution in [3.8, 4) is 0 Å². The largest absolute Gasteiger partial charge is 0.481 e. The highest BCUT2D eigenvalue weighted by Crippen LogP contribution is 2.16. The van der Waals surface area contributed by atoms with E-state index in [-0.39, 0.29) is 26.1 Å². The van der Waals surface area contributed by atoms with Crippen LogP contribution in [-0.2, 0) is 19.7 Å². The standard InChI is InChI=1S/C12H24N2O5S/c1-3-5-13(6-4-2)20(17,18)14-7-8-19-11(10-14)9-12(15)16/h11H,3-10H2,1-2H3,(H,15,16). The number of nitrogens with zero attached hydrogens (tertiary/aromatic N) is 2. The smallest absolute Gasteiger partial charge is 0.306 e. The average molecular weight is 308 g/mol. The second-order valence-electron chi connectivity index (χ2n) is 4.86. The molecule has 1 unspecified atom stereocenters. The summed E-state index contributed by atoms with van der Waals surface area (Å²) in [6.07, 6.45) is 0.763. The molecule has 0 bridgehead atoms. The van der Waals surface area contributed by atoms with Crippen LogP contribution in [0.15, 0.2) is 0 Å². The van der Waals surface area contributed by atoms with Crippen LogP contribution in [0.4, 0.5) is 0 Å². The van der Waals surface area contributed by atoms with Crippen molar-refractivity contribution >= 4 is 16.2 Å². The van der Waals surface area contributed by atoms with Crippen LogP contribution in [0.5, 0.6) is 0 Å². The molecule has 0 radical (unpaired) electrons. The molecule has 0 aromatic rings. The SMILES string of the molecule is CCCN(CCC)S(=O)(=O)N1CCOC(CC(=O)O)C1. The van der Waals surface area contributed by atoms with E-state index in [0.29, 0.717) is 13.1 Å². The Bertz CT molecular complexity index is 406. The first-order chi connectivity index (χ1) is 9.41. The molecule has 7 nitrogen and oxygen atoms in total. The number of carboxylic acids is 1. The predicted molar refractivity (Wildman–Crippen MR) is 74.6 cm³/mol. The van der Waals surface area contributed by atoms with Crippen LogP contribution in [0.25, 0.3) is 0 Å². The Morgan fingerprint density at radius 3 is 2.45 bits per heavy atom. The lowest BCUT2D eigenvalue weighted by Crippen LogP contribution is -2.52. The Balaban J connectivity index is 2.76. The summed E-state index contributed by atoms with van der Waals surface area (Å²) in [4.78, 5) is 10.7. The van der Waals surface area contributed by atoms with Crippen molar-refractivity contribution in [3.05, 3.63) is 0 Å². The van der Waals surface area contributed by atoms with Crippen LogP contribution in [0.2, 0.25) is 0 Å². The predicted octanol–water partition coefficient (Wildman–Crippen LogP) is 0.529. The number of ether oxygens (including phenoxy) is 1. The molecule has 1 rings (SSSR count). The van der Waals surface area contributed by atoms with Crippen molar-refractivity contribution in [3.63, 3.8) is 0 Å². The fraction of sp³-hybridized carbons (Fsp3) is 0.917. The van der Waals surface area contributed by atoms with Crippen molar-refractivity contribution in [2.24, 2.45) is 0 Å². The van der Waals surface area contributed by atoms with Crippen molar-refractivity contribution < 1.29 is 23.1 Å². The van der Waals surface area contributed by atoms with Gasteiger partial charge in [-0.2, -0.15) is 17.0 Å². The molecule has 1 saturated heterocycles. The van der Waals surface area contributed by atoms with E-state index in [0.717, 1.165) is 12.8 Å². The average Bonchev–Trinajstić information content (AvgIpc) is 2.38. The number of morpholine rings is 1. The van der Waals surface area contributed by atoms with E-state index in [9.17, 15) is 13.2 Å². The van der Waals surface area contributed by atoms with E-state index in [1.54, 1.807) is 0 Å². The number of hydrogen-bond donors (Lipinski definition) is 1. The van der Waals surface area contributed by atoms with Crippen molar-refractivity contribution in [1.82, 2.24) is 8.61 Å². The molecule has 1 aliphatic rings. The Morgan fingerprint density at radius 2 is 1.95 bits per heavy atom. The normalized spacial score (nSPS) is 21.2. The van der Waals surface area contributed by atoms with Gasteiger partial charge < -0.3 is 9.84 Å². The van der Waals surface area contributed by atoms with Crippen LogP contribution in [0.3, 0.4) is 0 Å². The molecule has 1 aliphatic heterocycles. The molecule has 1 N–H and O–H groups in total. The first kappa shape index (κ1) is 17.4. The molecule has 0 aromatic heterocycles. The summed E-state index contributed by atoms with van der Waals surface area (Å²) in [5.41, 5.74) is 0. The molecular formula is C12H24N2O5S. The third kappa shape index (κ3) is 4.69. The van der Waals surface area contributed by atoms with Crippen LogP contribution in [-0.4, -0.2) is 67.0 Å². The molecule has 0 amide bonds. The highest BCUT2D eigenvalue weighted by molar-refractivity contribution is 7.86. The Hall–Kier alpha value is -0.700. The summed E-state index contributed by atoms with van der Waals surface area (Å²) < 4.78 is 33.2. The van der Waals surface area contributed by atoms with E-state index in [1.165, 1.54) is 8.61 Å². The number of aliphatic carboxylic acids is 1. The first-order valence-corrected chi connectivity index (χ1v) is 8.40. The van der Waals surface area contributed by atoms with Gasteiger partial charge in [0.1, 0.15) is 0 Å². The monoisotopic (exact) mass is 308 g/mol.